The normalized spacial score (nSPS) is 24.0. The Morgan fingerprint density at radius 3 is 2.83 bits per heavy atom. The van der Waals surface area contributed by atoms with Crippen LogP contribution in [0.5, 0.6) is 0 Å². The van der Waals surface area contributed by atoms with Gasteiger partial charge in [-0.05, 0) is 0 Å². The Morgan fingerprint density at radius 1 is 1.75 bits per heavy atom. The number of halogens is 2. The van der Waals surface area contributed by atoms with Crippen LogP contribution in [-0.2, 0) is 0 Å². The van der Waals surface area contributed by atoms with Gasteiger partial charge in [-0.2, -0.15) is 0 Å². The second kappa shape index (κ2) is 3.31. The van der Waals surface area contributed by atoms with Crippen LogP contribution in [0.4, 0.5) is 8.78 Å². The smallest absolute Gasteiger partial charge is 0.274 e. The molecule has 0 saturated carbocycles. The summed E-state index contributed by atoms with van der Waals surface area (Å²) in [4.78, 5) is 3.73. The predicted octanol–water partition coefficient (Wildman–Crippen LogP) is 1.72. The fraction of sp³-hybridized carbons (Fsp3) is 0.625. The first-order chi connectivity index (χ1) is 5.56. The lowest BCUT2D eigenvalue weighted by Gasteiger charge is -2.18. The standard InChI is InChI=1S/C8H12F2N2/c1-2-8(9,10)6-3-4-7(11)12-5-6/h3,5,7H,2,4,11H2,1H3. The number of hydrogen-bond donors (Lipinski definition) is 1. The van der Waals surface area contributed by atoms with Crippen LogP contribution in [0.25, 0.3) is 0 Å². The predicted molar refractivity (Wildman–Crippen MR) is 44.4 cm³/mol. The average molecular weight is 174 g/mol. The summed E-state index contributed by atoms with van der Waals surface area (Å²) in [6.45, 7) is 1.45. The van der Waals surface area contributed by atoms with Gasteiger partial charge in [0.05, 0.1) is 0 Å². The molecule has 1 rings (SSSR count). The molecule has 2 nitrogen and oxygen atoms in total. The third-order valence-corrected chi connectivity index (χ3v) is 1.85. The van der Waals surface area contributed by atoms with E-state index in [1.807, 2.05) is 0 Å². The van der Waals surface area contributed by atoms with Crippen molar-refractivity contribution in [3.63, 3.8) is 0 Å². The van der Waals surface area contributed by atoms with E-state index in [4.69, 9.17) is 5.73 Å². The molecule has 0 radical (unpaired) electrons. The van der Waals surface area contributed by atoms with Gasteiger partial charge in [0.2, 0.25) is 0 Å². The Balaban J connectivity index is 2.72. The summed E-state index contributed by atoms with van der Waals surface area (Å²) in [5.74, 6) is -2.75. The lowest BCUT2D eigenvalue weighted by atomic mass is 10.0. The van der Waals surface area contributed by atoms with Crippen molar-refractivity contribution in [3.05, 3.63) is 11.6 Å². The SMILES string of the molecule is CCC(F)(F)C1=CCC(N)N=C1. The number of allylic oxidation sites excluding steroid dienone is 1. The lowest BCUT2D eigenvalue weighted by Crippen LogP contribution is -2.25. The quantitative estimate of drug-likeness (QED) is 0.680. The van der Waals surface area contributed by atoms with Gasteiger partial charge in [0.25, 0.3) is 5.92 Å². The third-order valence-electron chi connectivity index (χ3n) is 1.85. The summed E-state index contributed by atoms with van der Waals surface area (Å²) in [6, 6.07) is 0. The fourth-order valence-electron chi connectivity index (χ4n) is 0.985. The lowest BCUT2D eigenvalue weighted by molar-refractivity contribution is 0.0439. The van der Waals surface area contributed by atoms with Gasteiger partial charge in [0.1, 0.15) is 6.17 Å². The molecule has 2 N–H and O–H groups in total. The molecular weight excluding hydrogens is 162 g/mol. The van der Waals surface area contributed by atoms with Crippen LogP contribution in [0, 0.1) is 0 Å². The summed E-state index contributed by atoms with van der Waals surface area (Å²) < 4.78 is 25.9. The Hall–Kier alpha value is -0.770. The highest BCUT2D eigenvalue weighted by Crippen LogP contribution is 2.28. The first-order valence-corrected chi connectivity index (χ1v) is 3.93. The zero-order valence-electron chi connectivity index (χ0n) is 6.93. The van der Waals surface area contributed by atoms with E-state index in [9.17, 15) is 8.78 Å². The Kier molecular flexibility index (Phi) is 2.57. The zero-order valence-corrected chi connectivity index (χ0v) is 6.93. The first kappa shape index (κ1) is 9.32. The molecule has 0 aromatic heterocycles. The van der Waals surface area contributed by atoms with Crippen LogP contribution in [-0.4, -0.2) is 18.3 Å². The number of hydrogen-bond acceptors (Lipinski definition) is 2. The van der Waals surface area contributed by atoms with Crippen LogP contribution in [0.2, 0.25) is 0 Å². The van der Waals surface area contributed by atoms with Gasteiger partial charge in [0, 0.05) is 24.6 Å². The van der Waals surface area contributed by atoms with E-state index in [0.717, 1.165) is 0 Å². The number of nitrogens with zero attached hydrogens (tertiary/aromatic N) is 1. The summed E-state index contributed by atoms with van der Waals surface area (Å²) in [6.07, 6.45) is 2.50. The molecule has 0 aromatic carbocycles. The highest BCUT2D eigenvalue weighted by Gasteiger charge is 2.31. The molecule has 0 amide bonds. The van der Waals surface area contributed by atoms with Gasteiger partial charge in [-0.15, -0.1) is 0 Å². The monoisotopic (exact) mass is 174 g/mol. The fourth-order valence-corrected chi connectivity index (χ4v) is 0.985. The minimum absolute atomic E-state index is 0.00769. The average Bonchev–Trinajstić information content (AvgIpc) is 2.05. The van der Waals surface area contributed by atoms with Crippen molar-refractivity contribution < 1.29 is 8.78 Å². The Labute approximate surface area is 70.2 Å². The maximum atomic E-state index is 13.0. The number of rotatable bonds is 2. The molecular formula is C8H12F2N2. The van der Waals surface area contributed by atoms with Gasteiger partial charge in [-0.3, -0.25) is 4.99 Å². The molecule has 0 aliphatic carbocycles. The highest BCUT2D eigenvalue weighted by atomic mass is 19.3. The van der Waals surface area contributed by atoms with Gasteiger partial charge < -0.3 is 5.73 Å². The van der Waals surface area contributed by atoms with Crippen molar-refractivity contribution in [2.24, 2.45) is 10.7 Å². The van der Waals surface area contributed by atoms with Crippen LogP contribution >= 0.6 is 0 Å². The van der Waals surface area contributed by atoms with Gasteiger partial charge >= 0.3 is 0 Å². The van der Waals surface area contributed by atoms with Crippen LogP contribution < -0.4 is 5.73 Å². The van der Waals surface area contributed by atoms with Crippen molar-refractivity contribution in [3.8, 4) is 0 Å². The van der Waals surface area contributed by atoms with Crippen molar-refractivity contribution in [2.45, 2.75) is 31.9 Å². The van der Waals surface area contributed by atoms with Crippen molar-refractivity contribution in [1.82, 2.24) is 0 Å². The van der Waals surface area contributed by atoms with E-state index in [1.54, 1.807) is 0 Å². The largest absolute Gasteiger partial charge is 0.309 e. The van der Waals surface area contributed by atoms with Gasteiger partial charge in [-0.25, -0.2) is 8.78 Å². The molecule has 1 unspecified atom stereocenters. The molecule has 0 spiro atoms. The molecule has 68 valence electrons. The molecule has 1 atom stereocenters. The Morgan fingerprint density at radius 2 is 2.42 bits per heavy atom. The van der Waals surface area contributed by atoms with Crippen LogP contribution in [0.3, 0.4) is 0 Å². The summed E-state index contributed by atoms with van der Waals surface area (Å²) >= 11 is 0. The van der Waals surface area contributed by atoms with Gasteiger partial charge in [-0.1, -0.05) is 13.0 Å². The summed E-state index contributed by atoms with van der Waals surface area (Å²) in [7, 11) is 0. The van der Waals surface area contributed by atoms with Crippen LogP contribution in [0.15, 0.2) is 16.6 Å². The highest BCUT2D eigenvalue weighted by molar-refractivity contribution is 5.81. The molecule has 4 heteroatoms. The number of dihydropyridines is 1. The summed E-state index contributed by atoms with van der Waals surface area (Å²) in [5.41, 5.74) is 5.39. The second-order valence-electron chi connectivity index (χ2n) is 2.80. The molecule has 1 aliphatic heterocycles. The van der Waals surface area contributed by atoms with E-state index in [-0.39, 0.29) is 18.2 Å². The molecule has 0 aromatic rings. The maximum Gasteiger partial charge on any atom is 0.274 e. The topological polar surface area (TPSA) is 38.4 Å². The van der Waals surface area contributed by atoms with E-state index in [1.165, 1.54) is 19.2 Å². The molecule has 0 bridgehead atoms. The minimum Gasteiger partial charge on any atom is -0.309 e. The molecule has 1 heterocycles. The zero-order chi connectivity index (χ0) is 9.19. The molecule has 12 heavy (non-hydrogen) atoms. The van der Waals surface area contributed by atoms with E-state index in [0.29, 0.717) is 6.42 Å². The Bertz CT molecular complexity index is 221. The molecule has 0 saturated heterocycles. The van der Waals surface area contributed by atoms with Crippen molar-refractivity contribution in [1.29, 1.82) is 0 Å². The third kappa shape index (κ3) is 1.88. The van der Waals surface area contributed by atoms with Crippen molar-refractivity contribution in [2.75, 3.05) is 0 Å². The number of aliphatic imine (C=N–C) groups is 1. The molecule has 1 aliphatic rings. The second-order valence-corrected chi connectivity index (χ2v) is 2.80. The number of nitrogens with two attached hydrogens (primary N) is 1. The van der Waals surface area contributed by atoms with Crippen LogP contribution in [0.1, 0.15) is 19.8 Å². The van der Waals surface area contributed by atoms with E-state index >= 15 is 0 Å². The maximum absolute atomic E-state index is 13.0. The van der Waals surface area contributed by atoms with E-state index in [2.05, 4.69) is 4.99 Å². The molecule has 0 fully saturated rings. The first-order valence-electron chi connectivity index (χ1n) is 3.93. The minimum atomic E-state index is -2.75. The van der Waals surface area contributed by atoms with E-state index < -0.39 is 5.92 Å². The van der Waals surface area contributed by atoms with Crippen molar-refractivity contribution >= 4 is 6.21 Å². The van der Waals surface area contributed by atoms with Gasteiger partial charge in [0.15, 0.2) is 0 Å². The number of alkyl halides is 2. The summed E-state index contributed by atoms with van der Waals surface area (Å²) in [5, 5.41) is 0.